The molecule has 0 bridgehead atoms. The number of halogens is 1. The van der Waals surface area contributed by atoms with Gasteiger partial charge in [0.05, 0.1) is 11.6 Å². The highest BCUT2D eigenvalue weighted by Gasteiger charge is 2.13. The molecule has 1 aromatic rings. The summed E-state index contributed by atoms with van der Waals surface area (Å²) in [5, 5.41) is 9.68. The van der Waals surface area contributed by atoms with Crippen molar-refractivity contribution >= 4 is 15.9 Å². The second-order valence-corrected chi connectivity index (χ2v) is 3.74. The van der Waals surface area contributed by atoms with Crippen LogP contribution in [0.5, 0.6) is 11.5 Å². The molecule has 0 unspecified atom stereocenters. The maximum Gasteiger partial charge on any atom is 0.134 e. The number of rotatable bonds is 3. The molecule has 0 saturated heterocycles. The van der Waals surface area contributed by atoms with E-state index in [1.165, 1.54) is 0 Å². The van der Waals surface area contributed by atoms with Crippen LogP contribution in [-0.4, -0.2) is 18.8 Å². The third kappa shape index (κ3) is 2.17. The topological polar surface area (TPSA) is 81.5 Å². The Labute approximate surface area is 91.0 Å². The van der Waals surface area contributed by atoms with Crippen molar-refractivity contribution < 1.29 is 9.84 Å². The van der Waals surface area contributed by atoms with Crippen molar-refractivity contribution in [3.63, 3.8) is 0 Å². The van der Waals surface area contributed by atoms with Crippen LogP contribution in [0.25, 0.3) is 0 Å². The predicted molar refractivity (Wildman–Crippen MR) is 58.3 cm³/mol. The van der Waals surface area contributed by atoms with E-state index >= 15 is 0 Å². The Morgan fingerprint density at radius 2 is 2.21 bits per heavy atom. The van der Waals surface area contributed by atoms with E-state index in [9.17, 15) is 5.11 Å². The predicted octanol–water partition coefficient (Wildman–Crippen LogP) is 1.12. The van der Waals surface area contributed by atoms with E-state index in [2.05, 4.69) is 15.9 Å². The van der Waals surface area contributed by atoms with Gasteiger partial charge in [-0.1, -0.05) is 0 Å². The molecule has 0 aliphatic heterocycles. The van der Waals surface area contributed by atoms with Gasteiger partial charge in [-0.15, -0.1) is 0 Å². The molecule has 1 rings (SSSR count). The van der Waals surface area contributed by atoms with E-state index in [-0.39, 0.29) is 18.3 Å². The summed E-state index contributed by atoms with van der Waals surface area (Å²) in [5.41, 5.74) is 11.7. The molecule has 14 heavy (non-hydrogen) atoms. The SMILES string of the molecule is COc1cc(Br)c(O)c([C@H](N)CN)c1. The fourth-order valence-corrected chi connectivity index (χ4v) is 1.58. The molecule has 0 saturated carbocycles. The van der Waals surface area contributed by atoms with Gasteiger partial charge in [-0.2, -0.15) is 0 Å². The second kappa shape index (κ2) is 4.63. The van der Waals surface area contributed by atoms with E-state index in [0.29, 0.717) is 15.8 Å². The monoisotopic (exact) mass is 260 g/mol. The summed E-state index contributed by atoms with van der Waals surface area (Å²) >= 11 is 3.21. The van der Waals surface area contributed by atoms with Crippen LogP contribution in [0.1, 0.15) is 11.6 Å². The highest BCUT2D eigenvalue weighted by molar-refractivity contribution is 9.10. The van der Waals surface area contributed by atoms with Crippen molar-refractivity contribution in [1.82, 2.24) is 0 Å². The van der Waals surface area contributed by atoms with Gasteiger partial charge < -0.3 is 21.3 Å². The summed E-state index contributed by atoms with van der Waals surface area (Å²) in [6.45, 7) is 0.271. The zero-order valence-electron chi connectivity index (χ0n) is 7.83. The molecule has 0 heterocycles. The Morgan fingerprint density at radius 3 is 2.71 bits per heavy atom. The average molecular weight is 261 g/mol. The average Bonchev–Trinajstić information content (AvgIpc) is 2.20. The van der Waals surface area contributed by atoms with Gasteiger partial charge >= 0.3 is 0 Å². The van der Waals surface area contributed by atoms with Crippen molar-refractivity contribution in [3.8, 4) is 11.5 Å². The maximum absolute atomic E-state index is 9.68. The molecule has 0 amide bonds. The standard InChI is InChI=1S/C9H13BrN2O2/c1-14-5-2-6(8(12)4-11)9(13)7(10)3-5/h2-3,8,13H,4,11-12H2,1H3/t8-/m1/s1. The number of aromatic hydroxyl groups is 1. The van der Waals surface area contributed by atoms with E-state index in [4.69, 9.17) is 16.2 Å². The smallest absolute Gasteiger partial charge is 0.134 e. The fourth-order valence-electron chi connectivity index (χ4n) is 1.12. The second-order valence-electron chi connectivity index (χ2n) is 2.89. The van der Waals surface area contributed by atoms with Crippen molar-refractivity contribution in [3.05, 3.63) is 22.2 Å². The van der Waals surface area contributed by atoms with Crippen LogP contribution in [0.2, 0.25) is 0 Å². The summed E-state index contributed by atoms with van der Waals surface area (Å²) in [6.07, 6.45) is 0. The first-order valence-electron chi connectivity index (χ1n) is 4.12. The first-order valence-corrected chi connectivity index (χ1v) is 4.91. The van der Waals surface area contributed by atoms with Gasteiger partial charge in [-0.3, -0.25) is 0 Å². The molecular weight excluding hydrogens is 248 g/mol. The molecule has 5 heteroatoms. The van der Waals surface area contributed by atoms with Crippen molar-refractivity contribution in [1.29, 1.82) is 0 Å². The number of nitrogens with two attached hydrogens (primary N) is 2. The largest absolute Gasteiger partial charge is 0.506 e. The number of phenolic OH excluding ortho intramolecular Hbond substituents is 1. The minimum absolute atomic E-state index is 0.115. The zero-order chi connectivity index (χ0) is 10.7. The van der Waals surface area contributed by atoms with Crippen molar-refractivity contribution in [2.24, 2.45) is 11.5 Å². The first kappa shape index (κ1) is 11.3. The molecule has 0 aliphatic rings. The Hall–Kier alpha value is -0.780. The molecular formula is C9H13BrN2O2. The quantitative estimate of drug-likeness (QED) is 0.761. The minimum atomic E-state index is -0.388. The summed E-state index contributed by atoms with van der Waals surface area (Å²) in [5.74, 6) is 0.748. The lowest BCUT2D eigenvalue weighted by Gasteiger charge is -2.13. The minimum Gasteiger partial charge on any atom is -0.506 e. The van der Waals surface area contributed by atoms with Crippen LogP contribution in [0.4, 0.5) is 0 Å². The molecule has 0 radical (unpaired) electrons. The molecule has 78 valence electrons. The van der Waals surface area contributed by atoms with Crippen molar-refractivity contribution in [2.45, 2.75) is 6.04 Å². The third-order valence-corrected chi connectivity index (χ3v) is 2.56. The summed E-state index contributed by atoms with van der Waals surface area (Å²) < 4.78 is 5.60. The van der Waals surface area contributed by atoms with Crippen LogP contribution in [0.3, 0.4) is 0 Å². The van der Waals surface area contributed by atoms with Crippen molar-refractivity contribution in [2.75, 3.05) is 13.7 Å². The van der Waals surface area contributed by atoms with E-state index in [0.717, 1.165) is 0 Å². The van der Waals surface area contributed by atoms with Gasteiger partial charge in [0.1, 0.15) is 11.5 Å². The normalized spacial score (nSPS) is 12.6. The number of hydrogen-bond donors (Lipinski definition) is 3. The van der Waals surface area contributed by atoms with E-state index in [1.54, 1.807) is 19.2 Å². The molecule has 1 atom stereocenters. The third-order valence-electron chi connectivity index (χ3n) is 1.96. The highest BCUT2D eigenvalue weighted by Crippen LogP contribution is 2.34. The lowest BCUT2D eigenvalue weighted by atomic mass is 10.1. The van der Waals surface area contributed by atoms with Gasteiger partial charge in [0.15, 0.2) is 0 Å². The molecule has 0 spiro atoms. The maximum atomic E-state index is 9.68. The molecule has 0 aromatic heterocycles. The fraction of sp³-hybridized carbons (Fsp3) is 0.333. The van der Waals surface area contributed by atoms with Gasteiger partial charge in [0.25, 0.3) is 0 Å². The Bertz CT molecular complexity index is 331. The molecule has 1 aromatic carbocycles. The molecule has 4 nitrogen and oxygen atoms in total. The summed E-state index contributed by atoms with van der Waals surface area (Å²) in [7, 11) is 1.55. The van der Waals surface area contributed by atoms with Crippen LogP contribution < -0.4 is 16.2 Å². The number of methoxy groups -OCH3 is 1. The van der Waals surface area contributed by atoms with Gasteiger partial charge in [0, 0.05) is 18.2 Å². The van der Waals surface area contributed by atoms with Gasteiger partial charge in [-0.25, -0.2) is 0 Å². The van der Waals surface area contributed by atoms with Crippen LogP contribution in [0, 0.1) is 0 Å². The Morgan fingerprint density at radius 1 is 1.57 bits per heavy atom. The molecule has 5 N–H and O–H groups in total. The Kier molecular flexibility index (Phi) is 3.74. The zero-order valence-corrected chi connectivity index (χ0v) is 9.41. The lowest BCUT2D eigenvalue weighted by molar-refractivity contribution is 0.408. The van der Waals surface area contributed by atoms with E-state index < -0.39 is 0 Å². The summed E-state index contributed by atoms with van der Waals surface area (Å²) in [4.78, 5) is 0. The van der Waals surface area contributed by atoms with Crippen LogP contribution >= 0.6 is 15.9 Å². The van der Waals surface area contributed by atoms with Crippen LogP contribution in [0.15, 0.2) is 16.6 Å². The van der Waals surface area contributed by atoms with Gasteiger partial charge in [-0.05, 0) is 28.1 Å². The van der Waals surface area contributed by atoms with E-state index in [1.807, 2.05) is 0 Å². The van der Waals surface area contributed by atoms with Crippen LogP contribution in [-0.2, 0) is 0 Å². The number of benzene rings is 1. The number of phenols is 1. The highest BCUT2D eigenvalue weighted by atomic mass is 79.9. The summed E-state index contributed by atoms with van der Waals surface area (Å²) in [6, 6.07) is 2.96. The van der Waals surface area contributed by atoms with Gasteiger partial charge in [0.2, 0.25) is 0 Å². The molecule has 0 aliphatic carbocycles. The molecule has 0 fully saturated rings. The lowest BCUT2D eigenvalue weighted by Crippen LogP contribution is -2.20. The number of hydrogen-bond acceptors (Lipinski definition) is 4. The number of ether oxygens (including phenoxy) is 1. The first-order chi connectivity index (χ1) is 6.60. The Balaban J connectivity index is 3.20.